The van der Waals surface area contributed by atoms with Crippen LogP contribution >= 0.6 is 35.2 Å². The Labute approximate surface area is 323 Å². The lowest BCUT2D eigenvalue weighted by Crippen LogP contribution is -2.46. The zero-order valence-corrected chi connectivity index (χ0v) is 33.6. The van der Waals surface area contributed by atoms with Crippen molar-refractivity contribution in [2.75, 3.05) is 37.8 Å². The number of nitrogens with zero attached hydrogens (tertiary/aromatic N) is 4. The molecular formula is C27H42N7O18P3S-4. The van der Waals surface area contributed by atoms with Gasteiger partial charge in [-0.05, 0) is 6.42 Å². The first kappa shape index (κ1) is 47.9. The van der Waals surface area contributed by atoms with Crippen LogP contribution in [-0.4, -0.2) is 114 Å². The largest absolute Gasteiger partial charge is 0.790 e. The molecule has 7 N–H and O–H groups in total. The minimum Gasteiger partial charge on any atom is -0.790 e. The van der Waals surface area contributed by atoms with Crippen LogP contribution in [0.1, 0.15) is 52.7 Å². The number of carbonyl (C=O) groups excluding carboxylic acids is 3. The van der Waals surface area contributed by atoms with E-state index >= 15 is 0 Å². The lowest BCUT2D eigenvalue weighted by atomic mass is 9.87. The summed E-state index contributed by atoms with van der Waals surface area (Å²) in [6.45, 7) is 1.85. The zero-order valence-electron chi connectivity index (χ0n) is 30.1. The fraction of sp³-hybridized carbons (Fsp3) is 0.704. The Balaban J connectivity index is 1.48. The highest BCUT2D eigenvalue weighted by atomic mass is 32.2. The van der Waals surface area contributed by atoms with Gasteiger partial charge in [-0.15, -0.1) is 0 Å². The normalized spacial score (nSPS) is 22.2. The molecule has 56 heavy (non-hydrogen) atoms. The first-order valence-electron chi connectivity index (χ1n) is 16.6. The highest BCUT2D eigenvalue weighted by Crippen LogP contribution is 2.56. The van der Waals surface area contributed by atoms with Crippen molar-refractivity contribution in [3.05, 3.63) is 12.7 Å². The summed E-state index contributed by atoms with van der Waals surface area (Å²) in [6, 6.07) is 0. The Morgan fingerprint density at radius 3 is 2.41 bits per heavy atom. The molecule has 3 heterocycles. The molecule has 2 aromatic rings. The highest BCUT2D eigenvalue weighted by Gasteiger charge is 2.47. The fourth-order valence-electron chi connectivity index (χ4n) is 4.96. The predicted molar refractivity (Wildman–Crippen MR) is 184 cm³/mol. The minimum absolute atomic E-state index is 0.00116. The van der Waals surface area contributed by atoms with Crippen LogP contribution in [0.5, 0.6) is 0 Å². The number of thioether (sulfide) groups is 1. The van der Waals surface area contributed by atoms with E-state index in [1.807, 2.05) is 6.92 Å². The Kier molecular flexibility index (Phi) is 17.5. The van der Waals surface area contributed by atoms with Crippen LogP contribution in [0.15, 0.2) is 12.7 Å². The molecule has 2 unspecified atom stereocenters. The predicted octanol–water partition coefficient (Wildman–Crippen LogP) is -3.31. The van der Waals surface area contributed by atoms with E-state index in [1.54, 1.807) is 0 Å². The number of nitrogens with two attached hydrogens (primary N) is 1. The maximum Gasteiger partial charge on any atom is 0.274 e. The summed E-state index contributed by atoms with van der Waals surface area (Å²) in [5.74, 6) is -1.35. The van der Waals surface area contributed by atoms with Crippen LogP contribution in [-0.2, 0) is 50.7 Å². The fourth-order valence-corrected chi connectivity index (χ4v) is 8.44. The summed E-state index contributed by atoms with van der Waals surface area (Å²) in [5, 5.41) is 35.6. The highest BCUT2D eigenvalue weighted by molar-refractivity contribution is 8.13. The molecule has 1 fully saturated rings. The van der Waals surface area contributed by atoms with Crippen LogP contribution < -0.4 is 35.9 Å². The Morgan fingerprint density at radius 1 is 1.07 bits per heavy atom. The Morgan fingerprint density at radius 2 is 1.75 bits per heavy atom. The summed E-state index contributed by atoms with van der Waals surface area (Å²) in [7, 11) is -17.6. The summed E-state index contributed by atoms with van der Waals surface area (Å²) < 4.78 is 60.4. The summed E-state index contributed by atoms with van der Waals surface area (Å²) in [4.78, 5) is 95.8. The number of aromatic nitrogens is 4. The number of anilines is 1. The molecule has 0 spiro atoms. The smallest absolute Gasteiger partial charge is 0.274 e. The molecule has 318 valence electrons. The third-order valence-electron chi connectivity index (χ3n) is 7.76. The van der Waals surface area contributed by atoms with E-state index in [0.29, 0.717) is 6.42 Å². The SMILES string of the molecule is CCC[C@@H](O)CC(=O)SCCNC(=O)CCNC(=O)[C@H](O)C(C)(C)COP(=O)([O-])OP(=O)([O-])OC[C@H]1O[C@@H](n2cnc3c(N)ncnc32)[C@H](O)[C@@H]1OP(=O)([O-])[O-]. The van der Waals surface area contributed by atoms with Crippen molar-refractivity contribution in [2.24, 2.45) is 5.41 Å². The number of aliphatic hydroxyl groups is 3. The van der Waals surface area contributed by atoms with Crippen LogP contribution in [0.25, 0.3) is 11.2 Å². The van der Waals surface area contributed by atoms with Crippen molar-refractivity contribution < 1.29 is 85.6 Å². The van der Waals surface area contributed by atoms with Crippen molar-refractivity contribution in [3.63, 3.8) is 0 Å². The van der Waals surface area contributed by atoms with Crippen LogP contribution in [0.3, 0.4) is 0 Å². The van der Waals surface area contributed by atoms with E-state index in [-0.39, 0.29) is 53.8 Å². The molecule has 25 nitrogen and oxygen atoms in total. The van der Waals surface area contributed by atoms with E-state index in [1.165, 1.54) is 13.8 Å². The van der Waals surface area contributed by atoms with Crippen molar-refractivity contribution in [1.29, 1.82) is 0 Å². The Hall–Kier alpha value is -2.48. The second kappa shape index (κ2) is 20.5. The molecule has 2 amide bonds. The standard InChI is InChI=1S/C27H46N7O18P3S/c1-4-5-15(35)10-18(37)56-9-8-29-17(36)6-7-30-25(40)22(39)27(2,3)12-49-55(46,47)52-54(44,45)48-11-16-21(51-53(41,42)43)20(38)26(50-16)34-14-33-19-23(28)31-13-32-24(19)34/h13-16,20-22,26,35,38-39H,4-12H2,1-3H3,(H,29,36)(H,30,40)(H,44,45)(H,46,47)(H2,28,31,32)(H2,41,42,43)/p-4/t15-,16-,20-,21-,22+,26-/m1/s1. The number of rotatable bonds is 23. The van der Waals surface area contributed by atoms with Gasteiger partial charge in [0.2, 0.25) is 11.8 Å². The third kappa shape index (κ3) is 14.7. The number of nitrogen functional groups attached to an aromatic ring is 1. The average Bonchev–Trinajstić information content (AvgIpc) is 3.64. The van der Waals surface area contributed by atoms with E-state index in [0.717, 1.165) is 35.4 Å². The van der Waals surface area contributed by atoms with Crippen molar-refractivity contribution >= 4 is 69.1 Å². The second-order valence-corrected chi connectivity index (χ2v) is 18.1. The number of imidazole rings is 1. The van der Waals surface area contributed by atoms with Gasteiger partial charge in [0.15, 0.2) is 22.8 Å². The number of fused-ring (bicyclic) bond motifs is 1. The number of carbonyl (C=O) groups is 3. The number of aliphatic hydroxyl groups excluding tert-OH is 3. The summed E-state index contributed by atoms with van der Waals surface area (Å²) >= 11 is 0.953. The lowest BCUT2D eigenvalue weighted by Gasteiger charge is -2.36. The van der Waals surface area contributed by atoms with Gasteiger partial charge in [-0.25, -0.2) is 19.3 Å². The minimum atomic E-state index is -5.92. The molecule has 1 saturated heterocycles. The first-order valence-corrected chi connectivity index (χ1v) is 22.0. The van der Waals surface area contributed by atoms with Gasteiger partial charge in [0.05, 0.1) is 33.5 Å². The number of phosphoric ester groups is 3. The monoisotopic (exact) mass is 877 g/mol. The lowest BCUT2D eigenvalue weighted by molar-refractivity contribution is -0.347. The van der Waals surface area contributed by atoms with Crippen molar-refractivity contribution in [3.8, 4) is 0 Å². The molecular weight excluding hydrogens is 835 g/mol. The van der Waals surface area contributed by atoms with Gasteiger partial charge in [-0.3, -0.25) is 28.1 Å². The van der Waals surface area contributed by atoms with Gasteiger partial charge in [0.25, 0.3) is 15.6 Å². The summed E-state index contributed by atoms with van der Waals surface area (Å²) in [6.07, 6.45) is -7.15. The summed E-state index contributed by atoms with van der Waals surface area (Å²) in [5.41, 5.74) is 4.04. The van der Waals surface area contributed by atoms with E-state index < -0.39 is 90.7 Å². The van der Waals surface area contributed by atoms with Gasteiger partial charge in [-0.2, -0.15) is 0 Å². The quantitative estimate of drug-likeness (QED) is 0.0470. The molecule has 1 aliphatic heterocycles. The van der Waals surface area contributed by atoms with Crippen LogP contribution in [0.2, 0.25) is 0 Å². The molecule has 0 radical (unpaired) electrons. The number of hydrogen-bond acceptors (Lipinski definition) is 23. The van der Waals surface area contributed by atoms with E-state index in [9.17, 15) is 63.0 Å². The van der Waals surface area contributed by atoms with E-state index in [2.05, 4.69) is 43.5 Å². The molecule has 3 rings (SSSR count). The van der Waals surface area contributed by atoms with Crippen molar-refractivity contribution in [2.45, 2.75) is 83.2 Å². The molecule has 2 aromatic heterocycles. The third-order valence-corrected chi connectivity index (χ3v) is 11.7. The molecule has 8 atom stereocenters. The van der Waals surface area contributed by atoms with Crippen molar-refractivity contribution in [1.82, 2.24) is 30.2 Å². The number of hydrogen-bond donors (Lipinski definition) is 6. The molecule has 0 aliphatic carbocycles. The van der Waals surface area contributed by atoms with Crippen LogP contribution in [0, 0.1) is 5.41 Å². The second-order valence-electron chi connectivity index (χ2n) is 12.9. The maximum atomic E-state index is 12.5. The molecule has 1 aliphatic rings. The molecule has 0 bridgehead atoms. The first-order chi connectivity index (χ1) is 25.9. The van der Waals surface area contributed by atoms with Crippen LogP contribution in [0.4, 0.5) is 5.82 Å². The van der Waals surface area contributed by atoms with Gasteiger partial charge < -0.3 is 74.1 Å². The topological polar surface area (TPSA) is 395 Å². The number of ether oxygens (including phenoxy) is 1. The van der Waals surface area contributed by atoms with Gasteiger partial charge >= 0.3 is 0 Å². The van der Waals surface area contributed by atoms with Gasteiger partial charge in [-0.1, -0.05) is 39.0 Å². The van der Waals surface area contributed by atoms with E-state index in [4.69, 9.17) is 10.5 Å². The van der Waals surface area contributed by atoms with Gasteiger partial charge in [0.1, 0.15) is 36.3 Å². The van der Waals surface area contributed by atoms with Gasteiger partial charge in [0, 0.05) is 37.1 Å². The average molecular weight is 878 g/mol. The molecule has 0 aromatic carbocycles. The number of nitrogens with one attached hydrogen (secondary N) is 2. The maximum absolute atomic E-state index is 12.5. The zero-order chi connectivity index (χ0) is 42.1. The number of amides is 2. The number of phosphoric acid groups is 3. The molecule has 0 saturated carbocycles. The Bertz CT molecular complexity index is 1820. The molecule has 29 heteroatoms.